The Morgan fingerprint density at radius 2 is 2.05 bits per heavy atom. The normalized spacial score (nSPS) is 17.9. The van der Waals surface area contributed by atoms with E-state index in [9.17, 15) is 13.2 Å². The van der Waals surface area contributed by atoms with Gasteiger partial charge in [-0.2, -0.15) is 0 Å². The van der Waals surface area contributed by atoms with E-state index in [2.05, 4.69) is 25.7 Å². The zero-order valence-electron chi connectivity index (χ0n) is 10.2. The minimum Gasteiger partial charge on any atom is -0.475 e. The summed E-state index contributed by atoms with van der Waals surface area (Å²) in [6.07, 6.45) is -4.70. The van der Waals surface area contributed by atoms with E-state index < -0.39 is 6.36 Å². The highest BCUT2D eigenvalue weighted by atomic mass is 79.9. The summed E-state index contributed by atoms with van der Waals surface area (Å²) in [4.78, 5) is 4.36. The molecule has 104 valence electrons. The Morgan fingerprint density at radius 1 is 1.37 bits per heavy atom. The molecule has 0 amide bonds. The molecule has 0 saturated heterocycles. The van der Waals surface area contributed by atoms with Crippen molar-refractivity contribution in [2.24, 2.45) is 4.99 Å². The van der Waals surface area contributed by atoms with Crippen molar-refractivity contribution in [3.8, 4) is 5.75 Å². The third kappa shape index (κ3) is 3.62. The first-order valence-electron chi connectivity index (χ1n) is 5.45. The number of benzene rings is 1. The number of nitrogens with zero attached hydrogens (tertiary/aromatic N) is 1. The molecule has 1 aromatic carbocycles. The van der Waals surface area contributed by atoms with Crippen LogP contribution in [0.1, 0.15) is 19.4 Å². The van der Waals surface area contributed by atoms with E-state index in [0.29, 0.717) is 22.5 Å². The summed E-state index contributed by atoms with van der Waals surface area (Å²) < 4.78 is 46.0. The second kappa shape index (κ2) is 4.70. The van der Waals surface area contributed by atoms with Gasteiger partial charge in [-0.3, -0.25) is 0 Å². The minimum atomic E-state index is -4.70. The standard InChI is InChI=1S/C12H11BrF3NO2/c1-11(2)6-18-10(17-11)8-4-3-7(5-9(8)13)19-12(14,15)16/h3-5H,6H2,1-2H3. The van der Waals surface area contributed by atoms with Gasteiger partial charge in [-0.15, -0.1) is 13.2 Å². The van der Waals surface area contributed by atoms with Crippen LogP contribution in [-0.4, -0.2) is 24.4 Å². The Kier molecular flexibility index (Phi) is 3.51. The maximum absolute atomic E-state index is 12.1. The molecule has 19 heavy (non-hydrogen) atoms. The fraction of sp³-hybridized carbons (Fsp3) is 0.417. The molecule has 0 spiro atoms. The average molecular weight is 338 g/mol. The molecule has 3 nitrogen and oxygen atoms in total. The largest absolute Gasteiger partial charge is 0.573 e. The van der Waals surface area contributed by atoms with Gasteiger partial charge in [0.15, 0.2) is 0 Å². The molecule has 2 rings (SSSR count). The van der Waals surface area contributed by atoms with Crippen LogP contribution in [0.4, 0.5) is 13.2 Å². The van der Waals surface area contributed by atoms with Gasteiger partial charge in [0, 0.05) is 4.47 Å². The zero-order chi connectivity index (χ0) is 14.3. The summed E-state index contributed by atoms with van der Waals surface area (Å²) >= 11 is 3.19. The van der Waals surface area contributed by atoms with E-state index >= 15 is 0 Å². The molecular formula is C12H11BrF3NO2. The first kappa shape index (κ1) is 14.2. The monoisotopic (exact) mass is 337 g/mol. The summed E-state index contributed by atoms with van der Waals surface area (Å²) in [7, 11) is 0. The lowest BCUT2D eigenvalue weighted by Gasteiger charge is -2.10. The number of hydrogen-bond acceptors (Lipinski definition) is 3. The highest BCUT2D eigenvalue weighted by Gasteiger charge is 2.32. The fourth-order valence-corrected chi connectivity index (χ4v) is 2.12. The fourth-order valence-electron chi connectivity index (χ4n) is 1.59. The van der Waals surface area contributed by atoms with E-state index in [-0.39, 0.29) is 11.3 Å². The summed E-state index contributed by atoms with van der Waals surface area (Å²) in [6, 6.07) is 3.94. The molecule has 0 fully saturated rings. The molecule has 0 radical (unpaired) electrons. The van der Waals surface area contributed by atoms with Crippen LogP contribution >= 0.6 is 15.9 Å². The topological polar surface area (TPSA) is 30.8 Å². The van der Waals surface area contributed by atoms with Crippen LogP contribution in [-0.2, 0) is 4.74 Å². The van der Waals surface area contributed by atoms with Crippen LogP contribution in [0.25, 0.3) is 0 Å². The maximum atomic E-state index is 12.1. The molecule has 0 N–H and O–H groups in total. The number of ether oxygens (including phenoxy) is 2. The van der Waals surface area contributed by atoms with Crippen LogP contribution in [0.2, 0.25) is 0 Å². The third-order valence-electron chi connectivity index (χ3n) is 2.37. The number of alkyl halides is 3. The van der Waals surface area contributed by atoms with Crippen molar-refractivity contribution in [1.82, 2.24) is 0 Å². The predicted octanol–water partition coefficient (Wildman–Crippen LogP) is 3.90. The Labute approximate surface area is 116 Å². The van der Waals surface area contributed by atoms with E-state index in [1.54, 1.807) is 0 Å². The molecule has 0 atom stereocenters. The lowest BCUT2D eigenvalue weighted by atomic mass is 10.1. The molecule has 0 saturated carbocycles. The molecule has 7 heteroatoms. The lowest BCUT2D eigenvalue weighted by Crippen LogP contribution is -2.17. The molecule has 0 bridgehead atoms. The van der Waals surface area contributed by atoms with Crippen LogP contribution in [0, 0.1) is 0 Å². The molecule has 0 aromatic heterocycles. The van der Waals surface area contributed by atoms with E-state index in [4.69, 9.17) is 4.74 Å². The number of rotatable bonds is 2. The SMILES string of the molecule is CC1(C)COC(c2ccc(OC(F)(F)F)cc2Br)=N1. The highest BCUT2D eigenvalue weighted by molar-refractivity contribution is 9.10. The Balaban J connectivity index is 2.26. The average Bonchev–Trinajstić information content (AvgIpc) is 2.56. The molecule has 1 aliphatic heterocycles. The predicted molar refractivity (Wildman–Crippen MR) is 67.4 cm³/mol. The number of halogens is 4. The summed E-state index contributed by atoms with van der Waals surface area (Å²) in [5.74, 6) is 0.122. The van der Waals surface area contributed by atoms with Crippen LogP contribution in [0.15, 0.2) is 27.7 Å². The van der Waals surface area contributed by atoms with Gasteiger partial charge in [0.05, 0.1) is 11.1 Å². The Morgan fingerprint density at radius 3 is 2.53 bits per heavy atom. The Bertz CT molecular complexity index is 526. The molecule has 1 heterocycles. The summed E-state index contributed by atoms with van der Waals surface area (Å²) in [5.41, 5.74) is 0.274. The van der Waals surface area contributed by atoms with Crippen molar-refractivity contribution in [2.75, 3.05) is 6.61 Å². The van der Waals surface area contributed by atoms with Gasteiger partial charge in [0.1, 0.15) is 12.4 Å². The van der Waals surface area contributed by atoms with Crippen LogP contribution in [0.3, 0.4) is 0 Å². The van der Waals surface area contributed by atoms with Gasteiger partial charge < -0.3 is 9.47 Å². The highest BCUT2D eigenvalue weighted by Crippen LogP contribution is 2.30. The number of aliphatic imine (C=N–C) groups is 1. The second-order valence-electron chi connectivity index (χ2n) is 4.71. The third-order valence-corrected chi connectivity index (χ3v) is 3.03. The zero-order valence-corrected chi connectivity index (χ0v) is 11.8. The second-order valence-corrected chi connectivity index (χ2v) is 5.56. The maximum Gasteiger partial charge on any atom is 0.573 e. The van der Waals surface area contributed by atoms with E-state index in [1.807, 2.05) is 13.8 Å². The van der Waals surface area contributed by atoms with E-state index in [1.165, 1.54) is 18.2 Å². The van der Waals surface area contributed by atoms with Gasteiger partial charge in [-0.05, 0) is 48.0 Å². The van der Waals surface area contributed by atoms with Crippen LogP contribution < -0.4 is 4.74 Å². The van der Waals surface area contributed by atoms with Crippen molar-refractivity contribution < 1.29 is 22.6 Å². The molecule has 0 aliphatic carbocycles. The van der Waals surface area contributed by atoms with Crippen molar-refractivity contribution >= 4 is 21.8 Å². The first-order valence-corrected chi connectivity index (χ1v) is 6.24. The Hall–Kier alpha value is -1.24. The van der Waals surface area contributed by atoms with Gasteiger partial charge in [0.2, 0.25) is 5.90 Å². The van der Waals surface area contributed by atoms with E-state index in [0.717, 1.165) is 0 Å². The van der Waals surface area contributed by atoms with Gasteiger partial charge in [-0.1, -0.05) is 0 Å². The summed E-state index contributed by atoms with van der Waals surface area (Å²) in [6.45, 7) is 4.26. The van der Waals surface area contributed by atoms with Crippen LogP contribution in [0.5, 0.6) is 5.75 Å². The number of hydrogen-bond donors (Lipinski definition) is 0. The smallest absolute Gasteiger partial charge is 0.475 e. The molecule has 1 aromatic rings. The minimum absolute atomic E-state index is 0.291. The van der Waals surface area contributed by atoms with Crippen molar-refractivity contribution in [3.63, 3.8) is 0 Å². The summed E-state index contributed by atoms with van der Waals surface area (Å²) in [5, 5.41) is 0. The molecule has 0 unspecified atom stereocenters. The quantitative estimate of drug-likeness (QED) is 0.819. The molecule has 1 aliphatic rings. The van der Waals surface area contributed by atoms with Crippen molar-refractivity contribution in [2.45, 2.75) is 25.7 Å². The molecular weight excluding hydrogens is 327 g/mol. The van der Waals surface area contributed by atoms with Gasteiger partial charge in [-0.25, -0.2) is 4.99 Å². The first-order chi connectivity index (χ1) is 8.66. The van der Waals surface area contributed by atoms with Gasteiger partial charge in [0.25, 0.3) is 0 Å². The van der Waals surface area contributed by atoms with Crippen molar-refractivity contribution in [3.05, 3.63) is 28.2 Å². The van der Waals surface area contributed by atoms with Crippen molar-refractivity contribution in [1.29, 1.82) is 0 Å². The van der Waals surface area contributed by atoms with Gasteiger partial charge >= 0.3 is 6.36 Å². The lowest BCUT2D eigenvalue weighted by molar-refractivity contribution is -0.274.